The van der Waals surface area contributed by atoms with Crippen molar-refractivity contribution in [2.24, 2.45) is 0 Å². The van der Waals surface area contributed by atoms with Gasteiger partial charge in [0.25, 0.3) is 0 Å². The van der Waals surface area contributed by atoms with Crippen LogP contribution >= 0.6 is 22.6 Å². The number of benzene rings is 2. The first-order chi connectivity index (χ1) is 7.60. The molecule has 0 nitrogen and oxygen atoms in total. The molecule has 1 radical (unpaired) electrons. The largest absolute Gasteiger partial charge is 0.0537 e. The third kappa shape index (κ3) is 1.27. The minimum atomic E-state index is 0.115. The number of hydrogen-bond acceptors (Lipinski definition) is 0. The average molecular weight is 319 g/mol. The van der Waals surface area contributed by atoms with Gasteiger partial charge in [-0.1, -0.05) is 32.0 Å². The second-order valence-electron chi connectivity index (χ2n) is 4.79. The summed E-state index contributed by atoms with van der Waals surface area (Å²) in [7, 11) is 0. The molecule has 1 heteroatoms. The predicted octanol–water partition coefficient (Wildman–Crippen LogP) is 4.40. The van der Waals surface area contributed by atoms with Gasteiger partial charge in [0, 0.05) is 8.99 Å². The van der Waals surface area contributed by atoms with Crippen molar-refractivity contribution < 1.29 is 0 Å². The van der Waals surface area contributed by atoms with Gasteiger partial charge in [0.05, 0.1) is 0 Å². The fraction of sp³-hybridized carbons (Fsp3) is 0.200. The third-order valence-electron chi connectivity index (χ3n) is 3.48. The Morgan fingerprint density at radius 2 is 1.81 bits per heavy atom. The molecule has 0 saturated carbocycles. The third-order valence-corrected chi connectivity index (χ3v) is 4.15. The highest BCUT2D eigenvalue weighted by Crippen LogP contribution is 2.48. The van der Waals surface area contributed by atoms with E-state index in [-0.39, 0.29) is 5.41 Å². The van der Waals surface area contributed by atoms with E-state index in [9.17, 15) is 0 Å². The minimum Gasteiger partial charge on any atom is -0.0537 e. The Morgan fingerprint density at radius 1 is 1.06 bits per heavy atom. The van der Waals surface area contributed by atoms with Crippen molar-refractivity contribution in [1.82, 2.24) is 0 Å². The lowest BCUT2D eigenvalue weighted by molar-refractivity contribution is 0.660. The molecule has 0 unspecified atom stereocenters. The van der Waals surface area contributed by atoms with Crippen LogP contribution in [0.4, 0.5) is 0 Å². The number of halogens is 1. The van der Waals surface area contributed by atoms with Gasteiger partial charge in [-0.05, 0) is 69.1 Å². The van der Waals surface area contributed by atoms with Gasteiger partial charge in [-0.15, -0.1) is 0 Å². The molecule has 0 saturated heterocycles. The van der Waals surface area contributed by atoms with Crippen LogP contribution in [0.3, 0.4) is 0 Å². The van der Waals surface area contributed by atoms with Crippen LogP contribution in [-0.2, 0) is 5.41 Å². The molecular weight excluding hydrogens is 307 g/mol. The monoisotopic (exact) mass is 319 g/mol. The summed E-state index contributed by atoms with van der Waals surface area (Å²) in [6.07, 6.45) is 0. The van der Waals surface area contributed by atoms with Crippen LogP contribution in [-0.4, -0.2) is 0 Å². The molecular formula is C15H12I. The molecule has 2 aromatic carbocycles. The van der Waals surface area contributed by atoms with E-state index in [0.29, 0.717) is 0 Å². The number of hydrogen-bond donors (Lipinski definition) is 0. The molecule has 0 fully saturated rings. The zero-order valence-corrected chi connectivity index (χ0v) is 11.5. The predicted molar refractivity (Wildman–Crippen MR) is 75.6 cm³/mol. The number of fused-ring (bicyclic) bond motifs is 3. The van der Waals surface area contributed by atoms with Crippen molar-refractivity contribution in [2.45, 2.75) is 19.3 Å². The van der Waals surface area contributed by atoms with Crippen LogP contribution in [0.25, 0.3) is 11.1 Å². The van der Waals surface area contributed by atoms with E-state index in [1.165, 1.54) is 25.8 Å². The summed E-state index contributed by atoms with van der Waals surface area (Å²) < 4.78 is 1.31. The Kier molecular flexibility index (Phi) is 2.15. The van der Waals surface area contributed by atoms with Crippen LogP contribution in [0.15, 0.2) is 36.4 Å². The van der Waals surface area contributed by atoms with Crippen molar-refractivity contribution in [2.75, 3.05) is 0 Å². The van der Waals surface area contributed by atoms with Crippen molar-refractivity contribution in [3.63, 3.8) is 0 Å². The van der Waals surface area contributed by atoms with E-state index in [1.807, 2.05) is 6.07 Å². The van der Waals surface area contributed by atoms with Crippen LogP contribution in [0.1, 0.15) is 25.0 Å². The molecule has 2 aromatic rings. The maximum Gasteiger partial charge on any atom is 0.0159 e. The maximum atomic E-state index is 3.20. The highest BCUT2D eigenvalue weighted by Gasteiger charge is 2.34. The zero-order chi connectivity index (χ0) is 11.3. The SMILES string of the molecule is CC1(C)c2c[c]ccc2-c2ccc(I)cc21. The van der Waals surface area contributed by atoms with E-state index in [1.54, 1.807) is 0 Å². The van der Waals surface area contributed by atoms with Gasteiger partial charge in [-0.3, -0.25) is 0 Å². The second-order valence-corrected chi connectivity index (χ2v) is 6.03. The fourth-order valence-corrected chi connectivity index (χ4v) is 3.09. The topological polar surface area (TPSA) is 0 Å². The lowest BCUT2D eigenvalue weighted by Gasteiger charge is -2.21. The molecule has 0 atom stereocenters. The summed E-state index contributed by atoms with van der Waals surface area (Å²) in [5, 5.41) is 0. The molecule has 16 heavy (non-hydrogen) atoms. The van der Waals surface area contributed by atoms with Crippen molar-refractivity contribution in [3.05, 3.63) is 57.2 Å². The van der Waals surface area contributed by atoms with E-state index < -0.39 is 0 Å². The van der Waals surface area contributed by atoms with Gasteiger partial charge in [0.1, 0.15) is 0 Å². The van der Waals surface area contributed by atoms with Crippen LogP contribution in [0.2, 0.25) is 0 Å². The first-order valence-electron chi connectivity index (χ1n) is 5.42. The Hall–Kier alpha value is -0.830. The van der Waals surface area contributed by atoms with E-state index in [4.69, 9.17) is 0 Å². The molecule has 3 rings (SSSR count). The lowest BCUT2D eigenvalue weighted by atomic mass is 9.82. The van der Waals surface area contributed by atoms with E-state index in [2.05, 4.69) is 72.8 Å². The molecule has 79 valence electrons. The van der Waals surface area contributed by atoms with Crippen LogP contribution in [0.5, 0.6) is 0 Å². The molecule has 0 amide bonds. The van der Waals surface area contributed by atoms with E-state index in [0.717, 1.165) is 0 Å². The first-order valence-corrected chi connectivity index (χ1v) is 6.49. The summed E-state index contributed by atoms with van der Waals surface area (Å²) in [6.45, 7) is 4.59. The molecule has 0 bridgehead atoms. The summed E-state index contributed by atoms with van der Waals surface area (Å²) >= 11 is 2.38. The lowest BCUT2D eigenvalue weighted by Crippen LogP contribution is -2.14. The average Bonchev–Trinajstić information content (AvgIpc) is 2.49. The summed E-state index contributed by atoms with van der Waals surface area (Å²) in [5.41, 5.74) is 5.70. The summed E-state index contributed by atoms with van der Waals surface area (Å²) in [6, 6.07) is 16.2. The summed E-state index contributed by atoms with van der Waals surface area (Å²) in [5.74, 6) is 0. The minimum absolute atomic E-state index is 0.115. The number of rotatable bonds is 0. The molecule has 0 spiro atoms. The Morgan fingerprint density at radius 3 is 2.62 bits per heavy atom. The Balaban J connectivity index is 2.39. The maximum absolute atomic E-state index is 3.20. The van der Waals surface area contributed by atoms with Crippen LogP contribution < -0.4 is 0 Å². The molecule has 0 N–H and O–H groups in total. The van der Waals surface area contributed by atoms with E-state index >= 15 is 0 Å². The smallest absolute Gasteiger partial charge is 0.0159 e. The quantitative estimate of drug-likeness (QED) is 0.632. The molecule has 0 aromatic heterocycles. The zero-order valence-electron chi connectivity index (χ0n) is 9.34. The summed E-state index contributed by atoms with van der Waals surface area (Å²) in [4.78, 5) is 0. The van der Waals surface area contributed by atoms with Gasteiger partial charge in [0.2, 0.25) is 0 Å². The second kappa shape index (κ2) is 3.33. The van der Waals surface area contributed by atoms with Gasteiger partial charge in [-0.25, -0.2) is 0 Å². The van der Waals surface area contributed by atoms with Gasteiger partial charge >= 0.3 is 0 Å². The standard InChI is InChI=1S/C15H12I/c1-15(2)13-6-4-3-5-11(13)12-8-7-10(16)9-14(12)15/h3,5-9H,1-2H3. The fourth-order valence-electron chi connectivity index (χ4n) is 2.60. The highest BCUT2D eigenvalue weighted by molar-refractivity contribution is 14.1. The first kappa shape index (κ1) is 10.3. The molecule has 0 aliphatic heterocycles. The van der Waals surface area contributed by atoms with Gasteiger partial charge in [-0.2, -0.15) is 0 Å². The van der Waals surface area contributed by atoms with Crippen molar-refractivity contribution >= 4 is 22.6 Å². The normalized spacial score (nSPS) is 15.7. The Bertz CT molecular complexity index is 567. The van der Waals surface area contributed by atoms with Crippen molar-refractivity contribution in [3.8, 4) is 11.1 Å². The van der Waals surface area contributed by atoms with Crippen molar-refractivity contribution in [1.29, 1.82) is 0 Å². The van der Waals surface area contributed by atoms with Gasteiger partial charge in [0.15, 0.2) is 0 Å². The molecule has 1 aliphatic carbocycles. The highest BCUT2D eigenvalue weighted by atomic mass is 127. The van der Waals surface area contributed by atoms with Gasteiger partial charge < -0.3 is 0 Å². The van der Waals surface area contributed by atoms with Crippen LogP contribution in [0, 0.1) is 9.64 Å². The molecule has 1 aliphatic rings. The Labute approximate surface area is 110 Å². The molecule has 0 heterocycles.